The van der Waals surface area contributed by atoms with Gasteiger partial charge in [0.1, 0.15) is 5.60 Å². The fraction of sp³-hybridized carbons (Fsp3) is 0.281. The summed E-state index contributed by atoms with van der Waals surface area (Å²) in [6.45, 7) is 9.28. The average molecular weight is 616 g/mol. The molecule has 1 saturated heterocycles. The minimum atomic E-state index is -0.703. The van der Waals surface area contributed by atoms with E-state index < -0.39 is 17.6 Å². The Morgan fingerprint density at radius 3 is 2.48 bits per heavy atom. The van der Waals surface area contributed by atoms with E-state index in [0.717, 1.165) is 16.5 Å². The van der Waals surface area contributed by atoms with E-state index in [-0.39, 0.29) is 30.9 Å². The molecule has 228 valence electrons. The van der Waals surface area contributed by atoms with Gasteiger partial charge in [-0.1, -0.05) is 36.4 Å². The first kappa shape index (κ1) is 30.6. The number of halogens is 1. The van der Waals surface area contributed by atoms with Gasteiger partial charge in [-0.25, -0.2) is 14.8 Å². The molecular weight excluding hydrogens is 582 g/mol. The van der Waals surface area contributed by atoms with Crippen LogP contribution in [0.25, 0.3) is 22.2 Å². The molecule has 12 heteroatoms. The molecule has 1 fully saturated rings. The van der Waals surface area contributed by atoms with Gasteiger partial charge >= 0.3 is 6.09 Å². The minimum Gasteiger partial charge on any atom is -0.444 e. The second-order valence-corrected chi connectivity index (χ2v) is 12.0. The van der Waals surface area contributed by atoms with Gasteiger partial charge in [-0.2, -0.15) is 0 Å². The zero-order valence-corrected chi connectivity index (χ0v) is 25.4. The number of benzene rings is 2. The molecule has 0 bridgehead atoms. The van der Waals surface area contributed by atoms with Crippen LogP contribution in [0.5, 0.6) is 0 Å². The molecule has 4 aromatic rings. The van der Waals surface area contributed by atoms with Crippen molar-refractivity contribution in [1.29, 1.82) is 0 Å². The number of anilines is 3. The summed E-state index contributed by atoms with van der Waals surface area (Å²) in [7, 11) is 0. The molecule has 11 nitrogen and oxygen atoms in total. The van der Waals surface area contributed by atoms with Crippen molar-refractivity contribution in [3.63, 3.8) is 0 Å². The van der Waals surface area contributed by atoms with Crippen LogP contribution in [0.2, 0.25) is 5.02 Å². The van der Waals surface area contributed by atoms with E-state index in [2.05, 4.69) is 32.5 Å². The molecule has 0 aliphatic carbocycles. The maximum atomic E-state index is 13.5. The van der Waals surface area contributed by atoms with Crippen LogP contribution in [-0.4, -0.2) is 62.5 Å². The summed E-state index contributed by atoms with van der Waals surface area (Å²) in [6.07, 6.45) is 4.47. The van der Waals surface area contributed by atoms with E-state index in [9.17, 15) is 14.4 Å². The Kier molecular flexibility index (Phi) is 8.86. The molecule has 0 spiro atoms. The lowest BCUT2D eigenvalue weighted by Gasteiger charge is -2.38. The predicted molar refractivity (Wildman–Crippen MR) is 172 cm³/mol. The van der Waals surface area contributed by atoms with Crippen molar-refractivity contribution in [2.24, 2.45) is 5.92 Å². The van der Waals surface area contributed by atoms with Gasteiger partial charge in [0.15, 0.2) is 0 Å². The van der Waals surface area contributed by atoms with Crippen LogP contribution < -0.4 is 16.0 Å². The average Bonchev–Trinajstić information content (AvgIpc) is 3.42. The number of aromatic amines is 1. The first-order valence-electron chi connectivity index (χ1n) is 14.2. The third-order valence-corrected chi connectivity index (χ3v) is 7.28. The number of fused-ring (bicyclic) bond motifs is 1. The van der Waals surface area contributed by atoms with Crippen LogP contribution in [0.3, 0.4) is 0 Å². The Labute approximate surface area is 260 Å². The summed E-state index contributed by atoms with van der Waals surface area (Å²) >= 11 is 6.53. The molecule has 1 aliphatic heterocycles. The Hall–Kier alpha value is -4.90. The number of H-pyrrole nitrogens is 1. The maximum absolute atomic E-state index is 13.5. The van der Waals surface area contributed by atoms with Crippen molar-refractivity contribution in [2.45, 2.75) is 38.8 Å². The summed E-state index contributed by atoms with van der Waals surface area (Å²) in [4.78, 5) is 52.0. The summed E-state index contributed by atoms with van der Waals surface area (Å²) in [5.41, 5.74) is 2.77. The van der Waals surface area contributed by atoms with Crippen LogP contribution in [0.15, 0.2) is 73.6 Å². The molecule has 3 amide bonds. The van der Waals surface area contributed by atoms with E-state index in [1.165, 1.54) is 17.2 Å². The summed E-state index contributed by atoms with van der Waals surface area (Å²) in [5.74, 6) is -0.830. The van der Waals surface area contributed by atoms with Crippen molar-refractivity contribution in [3.8, 4) is 11.3 Å². The largest absolute Gasteiger partial charge is 0.444 e. The summed E-state index contributed by atoms with van der Waals surface area (Å²) < 4.78 is 5.63. The number of likely N-dealkylation sites (tertiary alicyclic amines) is 1. The Bertz CT molecular complexity index is 1700. The van der Waals surface area contributed by atoms with Crippen molar-refractivity contribution in [2.75, 3.05) is 29.0 Å². The van der Waals surface area contributed by atoms with Crippen LogP contribution >= 0.6 is 11.6 Å². The number of carbonyl (C=O) groups excluding carboxylic acids is 3. The molecule has 2 atom stereocenters. The number of ether oxygens (including phenoxy) is 1. The molecule has 2 aromatic heterocycles. The maximum Gasteiger partial charge on any atom is 0.410 e. The predicted octanol–water partition coefficient (Wildman–Crippen LogP) is 6.08. The number of carbonyl (C=O) groups is 3. The molecule has 4 N–H and O–H groups in total. The normalized spacial score (nSPS) is 16.7. The molecule has 0 saturated carbocycles. The Morgan fingerprint density at radius 2 is 1.77 bits per heavy atom. The minimum absolute atomic E-state index is 0.175. The second-order valence-electron chi connectivity index (χ2n) is 11.6. The molecular formula is C32H34ClN7O4. The quantitative estimate of drug-likeness (QED) is 0.185. The lowest BCUT2D eigenvalue weighted by Crippen LogP contribution is -2.52. The number of piperidine rings is 1. The smallest absolute Gasteiger partial charge is 0.410 e. The number of nitrogens with one attached hydrogen (secondary N) is 4. The Morgan fingerprint density at radius 1 is 1.07 bits per heavy atom. The zero-order valence-electron chi connectivity index (χ0n) is 24.7. The SMILES string of the molecule is C=CC(=O)Nc1ccc(NC(=O)[C@@H]2C[C@@H](Nc3ncc(Cl)c(-c4c[nH]c5ccccc45)n3)CN(C(=O)OC(C)(C)C)C2)cc1. The van der Waals surface area contributed by atoms with Crippen molar-refractivity contribution >= 4 is 57.7 Å². The first-order valence-corrected chi connectivity index (χ1v) is 14.5. The lowest BCUT2D eigenvalue weighted by atomic mass is 9.93. The lowest BCUT2D eigenvalue weighted by molar-refractivity contribution is -0.121. The van der Waals surface area contributed by atoms with E-state index in [0.29, 0.717) is 34.5 Å². The van der Waals surface area contributed by atoms with Gasteiger partial charge in [0.2, 0.25) is 17.8 Å². The van der Waals surface area contributed by atoms with Crippen LogP contribution in [0.4, 0.5) is 22.1 Å². The Balaban J connectivity index is 1.35. The summed E-state index contributed by atoms with van der Waals surface area (Å²) in [6, 6.07) is 14.2. The fourth-order valence-electron chi connectivity index (χ4n) is 5.02. The number of rotatable bonds is 7. The van der Waals surface area contributed by atoms with Crippen LogP contribution in [0, 0.1) is 5.92 Å². The third-order valence-electron chi connectivity index (χ3n) is 7.00. The monoisotopic (exact) mass is 615 g/mol. The number of nitrogens with zero attached hydrogens (tertiary/aromatic N) is 3. The number of amides is 3. The topological polar surface area (TPSA) is 141 Å². The first-order chi connectivity index (χ1) is 21.0. The van der Waals surface area contributed by atoms with Gasteiger partial charge in [0.25, 0.3) is 0 Å². The van der Waals surface area contributed by atoms with Gasteiger partial charge in [0, 0.05) is 53.2 Å². The highest BCUT2D eigenvalue weighted by Gasteiger charge is 2.36. The van der Waals surface area contributed by atoms with Crippen molar-refractivity contribution in [1.82, 2.24) is 19.9 Å². The molecule has 3 heterocycles. The molecule has 0 radical (unpaired) electrons. The number of hydrogen-bond acceptors (Lipinski definition) is 7. The fourth-order valence-corrected chi connectivity index (χ4v) is 5.21. The molecule has 1 aliphatic rings. The van der Waals surface area contributed by atoms with E-state index in [1.54, 1.807) is 45.0 Å². The van der Waals surface area contributed by atoms with Gasteiger partial charge < -0.3 is 30.6 Å². The van der Waals surface area contributed by atoms with Crippen molar-refractivity contribution in [3.05, 3.63) is 78.6 Å². The molecule has 0 unspecified atom stereocenters. The number of para-hydroxylation sites is 1. The van der Waals surface area contributed by atoms with E-state index in [1.807, 2.05) is 30.5 Å². The van der Waals surface area contributed by atoms with E-state index >= 15 is 0 Å². The standard InChI is InChI=1S/C32H34ClN7O4/c1-5-27(41)36-20-10-12-21(13-11-20)37-29(42)19-14-22(18-40(17-19)31(43)44-32(2,3)4)38-30-35-16-25(33)28(39-30)24-15-34-26-9-7-6-8-23(24)26/h5-13,15-16,19,22,34H,1,14,17-18H2,2-4H3,(H,36,41)(H,37,42)(H,35,38,39)/t19-,22-/m1/s1. The molecule has 5 rings (SSSR count). The van der Waals surface area contributed by atoms with Gasteiger partial charge in [0.05, 0.1) is 22.8 Å². The van der Waals surface area contributed by atoms with Crippen molar-refractivity contribution < 1.29 is 19.1 Å². The zero-order chi connectivity index (χ0) is 31.4. The highest BCUT2D eigenvalue weighted by atomic mass is 35.5. The van der Waals surface area contributed by atoms with Gasteiger partial charge in [-0.3, -0.25) is 9.59 Å². The highest BCUT2D eigenvalue weighted by molar-refractivity contribution is 6.33. The van der Waals surface area contributed by atoms with E-state index in [4.69, 9.17) is 21.3 Å². The highest BCUT2D eigenvalue weighted by Crippen LogP contribution is 2.33. The number of aromatic nitrogens is 3. The summed E-state index contributed by atoms with van der Waals surface area (Å²) in [5, 5.41) is 10.3. The molecule has 44 heavy (non-hydrogen) atoms. The number of hydrogen-bond donors (Lipinski definition) is 4. The second kappa shape index (κ2) is 12.8. The van der Waals surface area contributed by atoms with Crippen LogP contribution in [0.1, 0.15) is 27.2 Å². The third kappa shape index (κ3) is 7.35. The van der Waals surface area contributed by atoms with Gasteiger partial charge in [-0.15, -0.1) is 0 Å². The van der Waals surface area contributed by atoms with Gasteiger partial charge in [-0.05, 0) is 63.6 Å². The van der Waals surface area contributed by atoms with Crippen LogP contribution in [-0.2, 0) is 14.3 Å². The molecule has 2 aromatic carbocycles.